The first kappa shape index (κ1) is 16.7. The Morgan fingerprint density at radius 2 is 1.88 bits per heavy atom. The molecule has 0 radical (unpaired) electrons. The Morgan fingerprint density at radius 1 is 1.16 bits per heavy atom. The molecule has 0 unspecified atom stereocenters. The van der Waals surface area contributed by atoms with E-state index in [1.165, 1.54) is 12.8 Å². The first-order valence-electron chi connectivity index (χ1n) is 9.38. The normalized spacial score (nSPS) is 21.9. The standard InChI is InChI=1S/C18H28N6O/c1-22(2)16-6-5-15-19-20-17(24(15)21-16)14-7-11-23(12-8-14)13-18(25)9-3-4-10-18/h5-6,14,25H,3-4,7-13H2,1-2H3. The fraction of sp³-hybridized carbons (Fsp3) is 0.722. The van der Waals surface area contributed by atoms with Gasteiger partial charge in [0.1, 0.15) is 5.82 Å². The van der Waals surface area contributed by atoms with Gasteiger partial charge in [-0.2, -0.15) is 4.52 Å². The molecule has 2 aromatic rings. The maximum Gasteiger partial charge on any atom is 0.178 e. The van der Waals surface area contributed by atoms with Crippen LogP contribution in [0.2, 0.25) is 0 Å². The Kier molecular flexibility index (Phi) is 4.37. The second-order valence-corrected chi connectivity index (χ2v) is 7.90. The zero-order valence-corrected chi connectivity index (χ0v) is 15.2. The SMILES string of the molecule is CN(C)c1ccc2nnc(C3CCN(CC4(O)CCCC4)CC3)n2n1. The third-order valence-electron chi connectivity index (χ3n) is 5.74. The number of piperidine rings is 1. The van der Waals surface area contributed by atoms with Crippen molar-refractivity contribution in [2.24, 2.45) is 0 Å². The van der Waals surface area contributed by atoms with E-state index in [1.807, 2.05) is 35.6 Å². The molecule has 3 heterocycles. The summed E-state index contributed by atoms with van der Waals surface area (Å²) >= 11 is 0. The predicted molar refractivity (Wildman–Crippen MR) is 96.9 cm³/mol. The summed E-state index contributed by atoms with van der Waals surface area (Å²) in [5.74, 6) is 2.27. The lowest BCUT2D eigenvalue weighted by Gasteiger charge is -2.36. The summed E-state index contributed by atoms with van der Waals surface area (Å²) < 4.78 is 1.90. The van der Waals surface area contributed by atoms with E-state index in [0.717, 1.165) is 62.6 Å². The number of likely N-dealkylation sites (tertiary alicyclic amines) is 1. The molecule has 0 aromatic carbocycles. The first-order chi connectivity index (χ1) is 12.0. The van der Waals surface area contributed by atoms with Crippen LogP contribution in [0.15, 0.2) is 12.1 Å². The van der Waals surface area contributed by atoms with Gasteiger partial charge in [-0.15, -0.1) is 15.3 Å². The second kappa shape index (κ2) is 6.53. The minimum atomic E-state index is -0.448. The number of anilines is 1. The van der Waals surface area contributed by atoms with Crippen molar-refractivity contribution in [2.75, 3.05) is 38.6 Å². The summed E-state index contributed by atoms with van der Waals surface area (Å²) in [4.78, 5) is 4.41. The van der Waals surface area contributed by atoms with Crippen LogP contribution in [-0.2, 0) is 0 Å². The van der Waals surface area contributed by atoms with Gasteiger partial charge in [-0.05, 0) is 50.9 Å². The molecule has 1 aliphatic carbocycles. The van der Waals surface area contributed by atoms with E-state index in [2.05, 4.69) is 20.2 Å². The molecule has 136 valence electrons. The Labute approximate surface area is 148 Å². The zero-order chi connectivity index (χ0) is 17.4. The molecule has 0 spiro atoms. The fourth-order valence-corrected chi connectivity index (χ4v) is 4.25. The minimum Gasteiger partial charge on any atom is -0.389 e. The molecule has 0 amide bonds. The van der Waals surface area contributed by atoms with Crippen LogP contribution in [-0.4, -0.2) is 69.1 Å². The third-order valence-corrected chi connectivity index (χ3v) is 5.74. The van der Waals surface area contributed by atoms with Crippen LogP contribution in [0.5, 0.6) is 0 Å². The minimum absolute atomic E-state index is 0.384. The molecule has 0 atom stereocenters. The summed E-state index contributed by atoms with van der Waals surface area (Å²) in [5.41, 5.74) is 0.361. The fourth-order valence-electron chi connectivity index (χ4n) is 4.25. The highest BCUT2D eigenvalue weighted by molar-refractivity contribution is 5.45. The summed E-state index contributed by atoms with van der Waals surface area (Å²) in [7, 11) is 3.98. The van der Waals surface area contributed by atoms with Crippen molar-refractivity contribution in [3.8, 4) is 0 Å². The topological polar surface area (TPSA) is 69.8 Å². The average Bonchev–Trinajstić information content (AvgIpc) is 3.21. The van der Waals surface area contributed by atoms with Gasteiger partial charge >= 0.3 is 0 Å². The lowest BCUT2D eigenvalue weighted by molar-refractivity contribution is 0.00273. The Morgan fingerprint density at radius 3 is 2.56 bits per heavy atom. The van der Waals surface area contributed by atoms with Crippen LogP contribution < -0.4 is 4.90 Å². The van der Waals surface area contributed by atoms with Gasteiger partial charge in [0.25, 0.3) is 0 Å². The molecule has 1 aliphatic heterocycles. The number of fused-ring (bicyclic) bond motifs is 1. The molecule has 1 N–H and O–H groups in total. The van der Waals surface area contributed by atoms with Crippen LogP contribution in [0.1, 0.15) is 50.3 Å². The molecule has 4 rings (SSSR count). The van der Waals surface area contributed by atoms with Crippen molar-refractivity contribution in [1.82, 2.24) is 24.7 Å². The van der Waals surface area contributed by atoms with Crippen molar-refractivity contribution in [1.29, 1.82) is 0 Å². The molecule has 1 saturated carbocycles. The van der Waals surface area contributed by atoms with Gasteiger partial charge in [-0.3, -0.25) is 0 Å². The van der Waals surface area contributed by atoms with Gasteiger partial charge in [0.2, 0.25) is 0 Å². The van der Waals surface area contributed by atoms with Crippen LogP contribution in [0.3, 0.4) is 0 Å². The maximum absolute atomic E-state index is 10.6. The summed E-state index contributed by atoms with van der Waals surface area (Å²) in [6.45, 7) is 2.84. The van der Waals surface area contributed by atoms with E-state index < -0.39 is 5.60 Å². The summed E-state index contributed by atoms with van der Waals surface area (Å²) in [6, 6.07) is 3.95. The van der Waals surface area contributed by atoms with E-state index in [0.29, 0.717) is 5.92 Å². The Bertz CT molecular complexity index is 728. The Balaban J connectivity index is 1.45. The second-order valence-electron chi connectivity index (χ2n) is 7.90. The van der Waals surface area contributed by atoms with Crippen molar-refractivity contribution in [3.63, 3.8) is 0 Å². The number of hydrogen-bond donors (Lipinski definition) is 1. The number of aromatic nitrogens is 4. The van der Waals surface area contributed by atoms with Gasteiger partial charge in [0.05, 0.1) is 5.60 Å². The molecular formula is C18H28N6O. The molecule has 1 saturated heterocycles. The smallest absolute Gasteiger partial charge is 0.178 e. The predicted octanol–water partition coefficient (Wildman–Crippen LogP) is 1.67. The van der Waals surface area contributed by atoms with Crippen molar-refractivity contribution < 1.29 is 5.11 Å². The van der Waals surface area contributed by atoms with Crippen molar-refractivity contribution in [3.05, 3.63) is 18.0 Å². The zero-order valence-electron chi connectivity index (χ0n) is 15.2. The number of hydrogen-bond acceptors (Lipinski definition) is 6. The highest BCUT2D eigenvalue weighted by atomic mass is 16.3. The largest absolute Gasteiger partial charge is 0.389 e. The lowest BCUT2D eigenvalue weighted by atomic mass is 9.94. The Hall–Kier alpha value is -1.73. The van der Waals surface area contributed by atoms with Gasteiger partial charge in [0.15, 0.2) is 11.5 Å². The average molecular weight is 344 g/mol. The van der Waals surface area contributed by atoms with E-state index in [9.17, 15) is 5.11 Å². The van der Waals surface area contributed by atoms with Crippen LogP contribution >= 0.6 is 0 Å². The highest BCUT2D eigenvalue weighted by Crippen LogP contribution is 2.33. The summed E-state index contributed by atoms with van der Waals surface area (Å²) in [5, 5.41) is 24.0. The quantitative estimate of drug-likeness (QED) is 0.910. The maximum atomic E-state index is 10.6. The van der Waals surface area contributed by atoms with E-state index in [1.54, 1.807) is 0 Å². The van der Waals surface area contributed by atoms with E-state index in [4.69, 9.17) is 0 Å². The number of β-amino-alcohol motifs (C(OH)–C–C–N with tert-alkyl or cyclic N) is 1. The van der Waals surface area contributed by atoms with Crippen molar-refractivity contribution >= 4 is 11.5 Å². The van der Waals surface area contributed by atoms with Gasteiger partial charge in [-0.25, -0.2) is 0 Å². The molecule has 2 aliphatic rings. The van der Waals surface area contributed by atoms with E-state index >= 15 is 0 Å². The summed E-state index contributed by atoms with van der Waals surface area (Å²) in [6.07, 6.45) is 6.34. The molecule has 7 nitrogen and oxygen atoms in total. The van der Waals surface area contributed by atoms with Gasteiger partial charge < -0.3 is 14.9 Å². The molecule has 7 heteroatoms. The van der Waals surface area contributed by atoms with Crippen LogP contribution in [0, 0.1) is 0 Å². The number of aliphatic hydroxyl groups is 1. The molecular weight excluding hydrogens is 316 g/mol. The highest BCUT2D eigenvalue weighted by Gasteiger charge is 2.35. The van der Waals surface area contributed by atoms with Gasteiger partial charge in [0, 0.05) is 26.6 Å². The van der Waals surface area contributed by atoms with Crippen LogP contribution in [0.25, 0.3) is 5.65 Å². The molecule has 0 bridgehead atoms. The monoisotopic (exact) mass is 344 g/mol. The van der Waals surface area contributed by atoms with E-state index in [-0.39, 0.29) is 0 Å². The number of nitrogens with zero attached hydrogens (tertiary/aromatic N) is 6. The third kappa shape index (κ3) is 3.35. The number of rotatable bonds is 4. The molecule has 25 heavy (non-hydrogen) atoms. The van der Waals surface area contributed by atoms with Crippen LogP contribution in [0.4, 0.5) is 5.82 Å². The molecule has 2 fully saturated rings. The lowest BCUT2D eigenvalue weighted by Crippen LogP contribution is -2.44. The first-order valence-corrected chi connectivity index (χ1v) is 9.38. The van der Waals surface area contributed by atoms with Gasteiger partial charge in [-0.1, -0.05) is 12.8 Å². The van der Waals surface area contributed by atoms with Crippen molar-refractivity contribution in [2.45, 2.75) is 50.0 Å². The molecule has 2 aromatic heterocycles.